The maximum atomic E-state index is 13.0. The van der Waals surface area contributed by atoms with E-state index in [2.05, 4.69) is 15.1 Å². The van der Waals surface area contributed by atoms with Gasteiger partial charge in [-0.25, -0.2) is 4.98 Å². The van der Waals surface area contributed by atoms with Crippen molar-refractivity contribution in [1.29, 1.82) is 0 Å². The quantitative estimate of drug-likeness (QED) is 0.660. The summed E-state index contributed by atoms with van der Waals surface area (Å²) in [5.74, 6) is 0.970. The fourth-order valence-corrected chi connectivity index (χ4v) is 3.87. The fraction of sp³-hybridized carbons (Fsp3) is 0.294. The van der Waals surface area contributed by atoms with Gasteiger partial charge in [-0.3, -0.25) is 9.36 Å². The van der Waals surface area contributed by atoms with Crippen LogP contribution in [-0.2, 0) is 5.88 Å². The number of halogens is 1. The van der Waals surface area contributed by atoms with Crippen LogP contribution in [0.15, 0.2) is 35.1 Å². The van der Waals surface area contributed by atoms with Crippen LogP contribution in [0, 0.1) is 0 Å². The van der Waals surface area contributed by atoms with Gasteiger partial charge in [0.25, 0.3) is 5.91 Å². The second-order valence-corrected chi connectivity index (χ2v) is 6.43. The van der Waals surface area contributed by atoms with Gasteiger partial charge in [0, 0.05) is 6.54 Å². The average molecular weight is 356 g/mol. The molecule has 0 unspecified atom stereocenters. The number of aromatic nitrogens is 4. The van der Waals surface area contributed by atoms with Crippen LogP contribution in [-0.4, -0.2) is 37.0 Å². The lowest BCUT2D eigenvalue weighted by Gasteiger charge is -2.22. The minimum Gasteiger partial charge on any atom is -0.338 e. The number of carbonyl (C=O) groups is 1. The predicted octanol–water partition coefficient (Wildman–Crippen LogP) is 2.95. The van der Waals surface area contributed by atoms with Crippen LogP contribution in [0.5, 0.6) is 0 Å². The molecule has 7 nitrogen and oxygen atoms in total. The Morgan fingerprint density at radius 3 is 3.04 bits per heavy atom. The van der Waals surface area contributed by atoms with Crippen molar-refractivity contribution in [2.24, 2.45) is 0 Å². The number of carbonyl (C=O) groups excluding carboxylic acids is 1. The van der Waals surface area contributed by atoms with Gasteiger partial charge in [0.1, 0.15) is 17.9 Å². The normalized spacial score (nSPS) is 18.7. The monoisotopic (exact) mass is 355 g/mol. The van der Waals surface area contributed by atoms with E-state index in [9.17, 15) is 4.79 Å². The van der Waals surface area contributed by atoms with E-state index in [4.69, 9.17) is 16.1 Å². The molecule has 5 rings (SSSR count). The van der Waals surface area contributed by atoms with Crippen LogP contribution >= 0.6 is 11.6 Å². The number of hydrogen-bond donors (Lipinski definition) is 0. The molecule has 0 spiro atoms. The summed E-state index contributed by atoms with van der Waals surface area (Å²) < 4.78 is 7.12. The molecule has 0 radical (unpaired) electrons. The summed E-state index contributed by atoms with van der Waals surface area (Å²) in [6, 6.07) is 7.56. The molecular formula is C17H14ClN5O2. The van der Waals surface area contributed by atoms with Crippen LogP contribution in [0.3, 0.4) is 0 Å². The zero-order valence-corrected chi connectivity index (χ0v) is 14.0. The van der Waals surface area contributed by atoms with E-state index in [1.165, 1.54) is 0 Å². The van der Waals surface area contributed by atoms with Gasteiger partial charge in [0.2, 0.25) is 11.7 Å². The van der Waals surface area contributed by atoms with Gasteiger partial charge in [0.05, 0.1) is 23.0 Å². The van der Waals surface area contributed by atoms with Crippen molar-refractivity contribution in [3.8, 4) is 17.2 Å². The van der Waals surface area contributed by atoms with Crippen molar-refractivity contribution in [3.63, 3.8) is 0 Å². The molecule has 1 fully saturated rings. The Morgan fingerprint density at radius 2 is 2.20 bits per heavy atom. The molecule has 0 aliphatic carbocycles. The van der Waals surface area contributed by atoms with E-state index >= 15 is 0 Å². The molecule has 126 valence electrons. The maximum Gasteiger partial charge on any atom is 0.256 e. The zero-order valence-electron chi connectivity index (χ0n) is 13.2. The Hall–Kier alpha value is -2.67. The van der Waals surface area contributed by atoms with Crippen molar-refractivity contribution >= 4 is 17.5 Å². The number of hydrogen-bond acceptors (Lipinski definition) is 5. The molecule has 4 heterocycles. The Balaban J connectivity index is 1.77. The van der Waals surface area contributed by atoms with Gasteiger partial charge in [-0.05, 0) is 25.0 Å². The first kappa shape index (κ1) is 14.7. The molecule has 1 aromatic carbocycles. The van der Waals surface area contributed by atoms with Crippen molar-refractivity contribution in [1.82, 2.24) is 24.6 Å². The highest BCUT2D eigenvalue weighted by Gasteiger charge is 2.39. The van der Waals surface area contributed by atoms with Crippen LogP contribution in [0.2, 0.25) is 0 Å². The summed E-state index contributed by atoms with van der Waals surface area (Å²) in [5.41, 5.74) is 3.09. The third kappa shape index (κ3) is 2.05. The molecule has 0 bridgehead atoms. The minimum absolute atomic E-state index is 0.0460. The highest BCUT2D eigenvalue weighted by atomic mass is 35.5. The predicted molar refractivity (Wildman–Crippen MR) is 89.4 cm³/mol. The molecule has 0 saturated carbocycles. The lowest BCUT2D eigenvalue weighted by atomic mass is 10.1. The van der Waals surface area contributed by atoms with Crippen LogP contribution < -0.4 is 0 Å². The first-order valence-electron chi connectivity index (χ1n) is 8.14. The molecule has 2 aliphatic rings. The smallest absolute Gasteiger partial charge is 0.256 e. The lowest BCUT2D eigenvalue weighted by molar-refractivity contribution is 0.0739. The number of benzene rings is 1. The van der Waals surface area contributed by atoms with Gasteiger partial charge in [-0.1, -0.05) is 17.3 Å². The van der Waals surface area contributed by atoms with E-state index in [0.717, 1.165) is 30.8 Å². The second kappa shape index (κ2) is 5.42. The van der Waals surface area contributed by atoms with Crippen LogP contribution in [0.4, 0.5) is 0 Å². The van der Waals surface area contributed by atoms with Crippen molar-refractivity contribution < 1.29 is 9.32 Å². The Morgan fingerprint density at radius 1 is 1.32 bits per heavy atom. The SMILES string of the molecule is O=C1c2ccccc2-n2cnc(-c3noc(CCl)n3)c2[C@@H]2CCCN12. The van der Waals surface area contributed by atoms with E-state index in [1.807, 2.05) is 33.7 Å². The third-order valence-corrected chi connectivity index (χ3v) is 5.05. The molecule has 1 amide bonds. The molecule has 1 saturated heterocycles. The van der Waals surface area contributed by atoms with E-state index in [1.54, 1.807) is 6.33 Å². The average Bonchev–Trinajstić information content (AvgIpc) is 3.37. The summed E-state index contributed by atoms with van der Waals surface area (Å²) in [6.07, 6.45) is 3.58. The summed E-state index contributed by atoms with van der Waals surface area (Å²) >= 11 is 5.77. The molecule has 0 N–H and O–H groups in total. The van der Waals surface area contributed by atoms with Gasteiger partial charge in [-0.15, -0.1) is 11.6 Å². The standard InChI is InChI=1S/C17H14ClN5O2/c18-8-13-20-16(21-25-13)14-15-12-6-3-7-22(12)17(24)10-4-1-2-5-11(10)23(15)9-19-14/h1-2,4-5,9,12H,3,6-8H2/t12-/m0/s1. The summed E-state index contributed by atoms with van der Waals surface area (Å²) in [6.45, 7) is 0.738. The van der Waals surface area contributed by atoms with Crippen LogP contribution in [0.1, 0.15) is 40.8 Å². The summed E-state index contributed by atoms with van der Waals surface area (Å²) in [5, 5.41) is 4.01. The molecular weight excluding hydrogens is 342 g/mol. The van der Waals surface area contributed by atoms with E-state index in [-0.39, 0.29) is 17.8 Å². The first-order chi connectivity index (χ1) is 12.3. The molecule has 2 aliphatic heterocycles. The lowest BCUT2D eigenvalue weighted by Crippen LogP contribution is -2.29. The highest BCUT2D eigenvalue weighted by Crippen LogP contribution is 2.41. The van der Waals surface area contributed by atoms with Gasteiger partial charge >= 0.3 is 0 Å². The number of amides is 1. The minimum atomic E-state index is -0.0460. The fourth-order valence-electron chi connectivity index (χ4n) is 3.76. The van der Waals surface area contributed by atoms with Crippen LogP contribution in [0.25, 0.3) is 17.2 Å². The van der Waals surface area contributed by atoms with Crippen molar-refractivity contribution in [2.45, 2.75) is 24.8 Å². The van der Waals surface area contributed by atoms with Crippen molar-refractivity contribution in [3.05, 3.63) is 47.7 Å². The summed E-state index contributed by atoms with van der Waals surface area (Å²) in [4.78, 5) is 23.8. The number of nitrogens with zero attached hydrogens (tertiary/aromatic N) is 5. The Labute approximate surface area is 148 Å². The largest absolute Gasteiger partial charge is 0.338 e. The van der Waals surface area contributed by atoms with E-state index in [0.29, 0.717) is 23.0 Å². The summed E-state index contributed by atoms with van der Waals surface area (Å²) in [7, 11) is 0. The number of alkyl halides is 1. The number of imidazole rings is 1. The maximum absolute atomic E-state index is 13.0. The molecule has 8 heteroatoms. The van der Waals surface area contributed by atoms with Gasteiger partial charge < -0.3 is 9.42 Å². The molecule has 25 heavy (non-hydrogen) atoms. The highest BCUT2D eigenvalue weighted by molar-refractivity contribution is 6.16. The molecule has 3 aromatic rings. The van der Waals surface area contributed by atoms with E-state index < -0.39 is 0 Å². The molecule has 2 aromatic heterocycles. The Bertz CT molecular complexity index is 979. The third-order valence-electron chi connectivity index (χ3n) is 4.82. The Kier molecular flexibility index (Phi) is 3.18. The topological polar surface area (TPSA) is 77.0 Å². The number of para-hydroxylation sites is 1. The second-order valence-electron chi connectivity index (χ2n) is 6.17. The van der Waals surface area contributed by atoms with Gasteiger partial charge in [0.15, 0.2) is 0 Å². The first-order valence-corrected chi connectivity index (χ1v) is 8.68. The zero-order chi connectivity index (χ0) is 17.0. The molecule has 1 atom stereocenters. The number of fused-ring (bicyclic) bond motifs is 5. The number of rotatable bonds is 2. The van der Waals surface area contributed by atoms with Crippen molar-refractivity contribution in [2.75, 3.05) is 6.54 Å². The van der Waals surface area contributed by atoms with Gasteiger partial charge in [-0.2, -0.15) is 4.98 Å².